The first kappa shape index (κ1) is 23.5. The molecule has 0 bridgehead atoms. The van der Waals surface area contributed by atoms with Crippen LogP contribution >= 0.6 is 27.5 Å². The first-order valence-corrected chi connectivity index (χ1v) is 11.2. The number of furan rings is 1. The summed E-state index contributed by atoms with van der Waals surface area (Å²) in [6, 6.07) is 17.0. The van der Waals surface area contributed by atoms with Gasteiger partial charge in [0, 0.05) is 39.2 Å². The predicted molar refractivity (Wildman–Crippen MR) is 134 cm³/mol. The van der Waals surface area contributed by atoms with E-state index in [2.05, 4.69) is 26.5 Å². The maximum atomic E-state index is 12.5. The zero-order valence-corrected chi connectivity index (χ0v) is 20.4. The van der Waals surface area contributed by atoms with Crippen molar-refractivity contribution < 1.29 is 14.1 Å². The minimum absolute atomic E-state index is 0.0306. The molecule has 172 valence electrons. The number of nitro groups is 1. The van der Waals surface area contributed by atoms with Crippen LogP contribution in [-0.2, 0) is 0 Å². The number of hydrogen-bond acceptors (Lipinski definition) is 5. The second-order valence-electron chi connectivity index (χ2n) is 7.44. The van der Waals surface area contributed by atoms with Crippen molar-refractivity contribution in [2.45, 2.75) is 13.8 Å². The summed E-state index contributed by atoms with van der Waals surface area (Å²) in [5, 5.41) is 15.1. The number of aromatic nitrogens is 1. The molecule has 0 saturated heterocycles. The Balaban J connectivity index is 1.45. The molecule has 2 aromatic heterocycles. The van der Waals surface area contributed by atoms with Gasteiger partial charge in [0.05, 0.1) is 21.7 Å². The summed E-state index contributed by atoms with van der Waals surface area (Å²) in [6.45, 7) is 3.99. The van der Waals surface area contributed by atoms with E-state index in [1.165, 1.54) is 18.3 Å². The predicted octanol–water partition coefficient (Wildman–Crippen LogP) is 6.44. The molecule has 2 aromatic carbocycles. The van der Waals surface area contributed by atoms with E-state index in [9.17, 15) is 14.9 Å². The minimum atomic E-state index is -0.472. The summed E-state index contributed by atoms with van der Waals surface area (Å²) < 4.78 is 8.28. The molecule has 0 aliphatic carbocycles. The first-order chi connectivity index (χ1) is 16.2. The van der Waals surface area contributed by atoms with Crippen LogP contribution in [0.15, 0.2) is 74.7 Å². The largest absolute Gasteiger partial charge is 0.455 e. The summed E-state index contributed by atoms with van der Waals surface area (Å²) >= 11 is 9.69. The lowest BCUT2D eigenvalue weighted by atomic mass is 10.1. The third-order valence-corrected chi connectivity index (χ3v) is 6.11. The number of benzene rings is 2. The van der Waals surface area contributed by atoms with Crippen molar-refractivity contribution in [3.05, 3.63) is 103 Å². The molecule has 0 radical (unpaired) electrons. The molecule has 8 nitrogen and oxygen atoms in total. The Morgan fingerprint density at radius 1 is 1.12 bits per heavy atom. The van der Waals surface area contributed by atoms with Crippen molar-refractivity contribution in [1.82, 2.24) is 9.99 Å². The quantitative estimate of drug-likeness (QED) is 0.172. The third-order valence-electron chi connectivity index (χ3n) is 5.14. The molecular formula is C24H18BrClN4O4. The lowest BCUT2D eigenvalue weighted by Gasteiger charge is -2.11. The Morgan fingerprint density at radius 3 is 2.50 bits per heavy atom. The van der Waals surface area contributed by atoms with Gasteiger partial charge in [0.1, 0.15) is 11.5 Å². The molecule has 10 heteroatoms. The Morgan fingerprint density at radius 2 is 1.85 bits per heavy atom. The molecule has 0 spiro atoms. The Bertz CT molecular complexity index is 1420. The summed E-state index contributed by atoms with van der Waals surface area (Å²) in [5.74, 6) is 0.419. The fourth-order valence-electron chi connectivity index (χ4n) is 3.50. The highest BCUT2D eigenvalue weighted by Gasteiger charge is 2.14. The smallest absolute Gasteiger partial charge is 0.272 e. The summed E-state index contributed by atoms with van der Waals surface area (Å²) in [5.41, 5.74) is 6.34. The molecule has 1 amide bonds. The first-order valence-electron chi connectivity index (χ1n) is 10.1. The standard InChI is InChI=1S/C24H18BrClN4O4/c1-14-3-4-15(2)29(14)16-5-9-20(22(26)12-16)24(31)28-27-13-18-7-10-23(34-18)19-8-6-17(30(32)33)11-21(19)25/h3-13H,1-2H3,(H,28,31)/b27-13-. The van der Waals surface area contributed by atoms with Gasteiger partial charge in [0.15, 0.2) is 0 Å². The lowest BCUT2D eigenvalue weighted by molar-refractivity contribution is -0.384. The number of hydrazone groups is 1. The molecule has 4 aromatic rings. The third kappa shape index (κ3) is 4.80. The molecule has 0 aliphatic heterocycles. The Kier molecular flexibility index (Phi) is 6.67. The van der Waals surface area contributed by atoms with Crippen LogP contribution < -0.4 is 5.43 Å². The van der Waals surface area contributed by atoms with Crippen molar-refractivity contribution >= 4 is 45.3 Å². The number of halogens is 2. The molecule has 0 atom stereocenters. The summed E-state index contributed by atoms with van der Waals surface area (Å²) in [7, 11) is 0. The summed E-state index contributed by atoms with van der Waals surface area (Å²) in [4.78, 5) is 23.0. The molecule has 0 fully saturated rings. The van der Waals surface area contributed by atoms with Crippen LogP contribution in [0.4, 0.5) is 5.69 Å². The van der Waals surface area contributed by atoms with Crippen molar-refractivity contribution in [2.75, 3.05) is 0 Å². The van der Waals surface area contributed by atoms with E-state index in [1.54, 1.807) is 30.3 Å². The highest BCUT2D eigenvalue weighted by molar-refractivity contribution is 9.10. The lowest BCUT2D eigenvalue weighted by Crippen LogP contribution is -2.18. The highest BCUT2D eigenvalue weighted by Crippen LogP contribution is 2.32. The molecule has 0 aliphatic rings. The average molecular weight is 542 g/mol. The number of hydrogen-bond donors (Lipinski definition) is 1. The number of amides is 1. The van der Waals surface area contributed by atoms with Crippen LogP contribution in [0, 0.1) is 24.0 Å². The zero-order valence-electron chi connectivity index (χ0n) is 18.1. The van der Waals surface area contributed by atoms with Gasteiger partial charge in [-0.3, -0.25) is 14.9 Å². The van der Waals surface area contributed by atoms with Gasteiger partial charge in [0.2, 0.25) is 0 Å². The number of nitro benzene ring substituents is 1. The van der Waals surface area contributed by atoms with E-state index < -0.39 is 10.8 Å². The van der Waals surface area contributed by atoms with Gasteiger partial charge in [-0.15, -0.1) is 0 Å². The number of nitrogens with zero attached hydrogens (tertiary/aromatic N) is 3. The van der Waals surface area contributed by atoms with Crippen LogP contribution in [0.5, 0.6) is 0 Å². The second kappa shape index (κ2) is 9.66. The zero-order chi connectivity index (χ0) is 24.4. The highest BCUT2D eigenvalue weighted by atomic mass is 79.9. The van der Waals surface area contributed by atoms with Crippen LogP contribution in [0.1, 0.15) is 27.5 Å². The number of non-ortho nitro benzene ring substituents is 1. The van der Waals surface area contributed by atoms with Gasteiger partial charge < -0.3 is 8.98 Å². The monoisotopic (exact) mass is 540 g/mol. The second-order valence-corrected chi connectivity index (χ2v) is 8.70. The molecular weight excluding hydrogens is 524 g/mol. The maximum absolute atomic E-state index is 12.5. The molecule has 0 saturated carbocycles. The van der Waals surface area contributed by atoms with Gasteiger partial charge in [-0.05, 0) is 78.3 Å². The van der Waals surface area contributed by atoms with Crippen molar-refractivity contribution in [3.8, 4) is 17.0 Å². The van der Waals surface area contributed by atoms with E-state index in [0.29, 0.717) is 32.1 Å². The molecule has 34 heavy (non-hydrogen) atoms. The average Bonchev–Trinajstić information content (AvgIpc) is 3.39. The summed E-state index contributed by atoms with van der Waals surface area (Å²) in [6.07, 6.45) is 1.36. The normalized spacial score (nSPS) is 11.2. The van der Waals surface area contributed by atoms with Gasteiger partial charge in [0.25, 0.3) is 11.6 Å². The van der Waals surface area contributed by atoms with Crippen LogP contribution in [0.2, 0.25) is 5.02 Å². The van der Waals surface area contributed by atoms with Crippen molar-refractivity contribution in [3.63, 3.8) is 0 Å². The van der Waals surface area contributed by atoms with E-state index in [-0.39, 0.29) is 5.69 Å². The van der Waals surface area contributed by atoms with Crippen LogP contribution in [-0.4, -0.2) is 21.6 Å². The number of aryl methyl sites for hydroxylation is 2. The Labute approximate surface area is 208 Å². The molecule has 0 unspecified atom stereocenters. The van der Waals surface area contributed by atoms with Gasteiger partial charge in [-0.1, -0.05) is 11.6 Å². The van der Waals surface area contributed by atoms with E-state index in [4.69, 9.17) is 16.0 Å². The number of carbonyl (C=O) groups excluding carboxylic acids is 1. The van der Waals surface area contributed by atoms with Gasteiger partial charge in [-0.2, -0.15) is 5.10 Å². The van der Waals surface area contributed by atoms with E-state index in [0.717, 1.165) is 17.1 Å². The van der Waals surface area contributed by atoms with Crippen LogP contribution in [0.25, 0.3) is 17.0 Å². The van der Waals surface area contributed by atoms with E-state index >= 15 is 0 Å². The molecule has 4 rings (SSSR count). The van der Waals surface area contributed by atoms with Crippen molar-refractivity contribution in [1.29, 1.82) is 0 Å². The maximum Gasteiger partial charge on any atom is 0.272 e. The minimum Gasteiger partial charge on any atom is -0.455 e. The SMILES string of the molecule is Cc1ccc(C)n1-c1ccc(C(=O)N/N=C\c2ccc(-c3ccc([N+](=O)[O-])cc3Br)o2)c(Cl)c1. The number of nitrogens with one attached hydrogen (secondary N) is 1. The fraction of sp³-hybridized carbons (Fsp3) is 0.0833. The topological polar surface area (TPSA) is 103 Å². The van der Waals surface area contributed by atoms with E-state index in [1.807, 2.05) is 36.6 Å². The van der Waals surface area contributed by atoms with Gasteiger partial charge in [-0.25, -0.2) is 5.43 Å². The number of rotatable bonds is 6. The Hall–Kier alpha value is -3.69. The fourth-order valence-corrected chi connectivity index (χ4v) is 4.32. The van der Waals surface area contributed by atoms with Crippen molar-refractivity contribution in [2.24, 2.45) is 5.10 Å². The number of carbonyl (C=O) groups is 1. The molecule has 2 heterocycles. The molecule has 1 N–H and O–H groups in total. The van der Waals surface area contributed by atoms with Crippen LogP contribution in [0.3, 0.4) is 0 Å². The van der Waals surface area contributed by atoms with Gasteiger partial charge >= 0.3 is 0 Å².